The fourth-order valence-corrected chi connectivity index (χ4v) is 1.69. The maximum absolute atomic E-state index is 12.0. The van der Waals surface area contributed by atoms with Gasteiger partial charge in [0.2, 0.25) is 0 Å². The number of nitrogens with one attached hydrogen (secondary N) is 1. The van der Waals surface area contributed by atoms with E-state index in [1.807, 2.05) is 13.0 Å². The van der Waals surface area contributed by atoms with Crippen LogP contribution in [0.3, 0.4) is 0 Å². The van der Waals surface area contributed by atoms with Gasteiger partial charge in [0, 0.05) is 11.4 Å². The molecule has 1 N–H and O–H groups in total. The van der Waals surface area contributed by atoms with E-state index in [2.05, 4.69) is 15.3 Å². The first-order chi connectivity index (χ1) is 9.08. The Hall–Kier alpha value is -2.74. The van der Waals surface area contributed by atoms with Gasteiger partial charge in [-0.05, 0) is 38.1 Å². The zero-order valence-electron chi connectivity index (χ0n) is 10.6. The van der Waals surface area contributed by atoms with Gasteiger partial charge >= 0.3 is 0 Å². The standard InChI is InChI=1S/C14H12N4O/c1-9-6-13(17-10(2)16-9)14(19)18-12-5-3-4-11(7-12)8-15/h3-7H,1-2H3,(H,18,19). The Morgan fingerprint density at radius 1 is 1.26 bits per heavy atom. The maximum Gasteiger partial charge on any atom is 0.274 e. The highest BCUT2D eigenvalue weighted by atomic mass is 16.1. The van der Waals surface area contributed by atoms with Crippen molar-refractivity contribution in [2.24, 2.45) is 0 Å². The molecule has 0 saturated carbocycles. The van der Waals surface area contributed by atoms with E-state index in [-0.39, 0.29) is 5.91 Å². The van der Waals surface area contributed by atoms with Gasteiger partial charge in [0.15, 0.2) is 0 Å². The minimum Gasteiger partial charge on any atom is -0.321 e. The van der Waals surface area contributed by atoms with Gasteiger partial charge in [-0.15, -0.1) is 0 Å². The minimum atomic E-state index is -0.316. The monoisotopic (exact) mass is 252 g/mol. The molecular weight excluding hydrogens is 240 g/mol. The zero-order valence-corrected chi connectivity index (χ0v) is 10.6. The molecule has 0 spiro atoms. The number of nitrogens with zero attached hydrogens (tertiary/aromatic N) is 3. The normalized spacial score (nSPS) is 9.74. The summed E-state index contributed by atoms with van der Waals surface area (Å²) >= 11 is 0. The number of carbonyl (C=O) groups is 1. The van der Waals surface area contributed by atoms with E-state index in [0.717, 1.165) is 5.69 Å². The first-order valence-electron chi connectivity index (χ1n) is 5.72. The molecule has 0 unspecified atom stereocenters. The van der Waals surface area contributed by atoms with Crippen molar-refractivity contribution in [2.75, 3.05) is 5.32 Å². The lowest BCUT2D eigenvalue weighted by Crippen LogP contribution is -2.15. The van der Waals surface area contributed by atoms with Crippen molar-refractivity contribution in [3.05, 3.63) is 53.1 Å². The fourth-order valence-electron chi connectivity index (χ4n) is 1.69. The Bertz CT molecular complexity index is 653. The molecule has 94 valence electrons. The summed E-state index contributed by atoms with van der Waals surface area (Å²) in [5.74, 6) is 0.236. The van der Waals surface area contributed by atoms with Gasteiger partial charge in [0.05, 0.1) is 11.6 Å². The highest BCUT2D eigenvalue weighted by Gasteiger charge is 2.09. The quantitative estimate of drug-likeness (QED) is 0.888. The average Bonchev–Trinajstić information content (AvgIpc) is 2.37. The van der Waals surface area contributed by atoms with Crippen molar-refractivity contribution >= 4 is 11.6 Å². The molecule has 0 radical (unpaired) electrons. The molecule has 0 atom stereocenters. The molecule has 1 amide bonds. The molecule has 1 aromatic carbocycles. The van der Waals surface area contributed by atoms with Crippen molar-refractivity contribution in [2.45, 2.75) is 13.8 Å². The number of aryl methyl sites for hydroxylation is 2. The predicted molar refractivity (Wildman–Crippen MR) is 70.6 cm³/mol. The second kappa shape index (κ2) is 5.27. The zero-order chi connectivity index (χ0) is 13.8. The van der Waals surface area contributed by atoms with E-state index in [9.17, 15) is 4.79 Å². The topological polar surface area (TPSA) is 78.7 Å². The number of amides is 1. The second-order valence-electron chi connectivity index (χ2n) is 4.09. The van der Waals surface area contributed by atoms with Gasteiger partial charge in [-0.1, -0.05) is 6.07 Å². The lowest BCUT2D eigenvalue weighted by molar-refractivity contribution is 0.102. The summed E-state index contributed by atoms with van der Waals surface area (Å²) in [5.41, 5.74) is 2.11. The lowest BCUT2D eigenvalue weighted by Gasteiger charge is -2.06. The third-order valence-electron chi connectivity index (χ3n) is 2.45. The third kappa shape index (κ3) is 3.13. The van der Waals surface area contributed by atoms with Gasteiger partial charge in [-0.25, -0.2) is 9.97 Å². The van der Waals surface area contributed by atoms with Crippen LogP contribution in [0.25, 0.3) is 0 Å². The number of anilines is 1. The van der Waals surface area contributed by atoms with Gasteiger partial charge in [0.25, 0.3) is 5.91 Å². The Labute approximate surface area is 110 Å². The average molecular weight is 252 g/mol. The number of aromatic nitrogens is 2. The molecule has 5 heteroatoms. The van der Waals surface area contributed by atoms with Crippen LogP contribution < -0.4 is 5.32 Å². The Kier molecular flexibility index (Phi) is 3.53. The van der Waals surface area contributed by atoms with E-state index < -0.39 is 0 Å². The highest BCUT2D eigenvalue weighted by molar-refractivity contribution is 6.02. The molecule has 2 aromatic rings. The van der Waals surface area contributed by atoms with Crippen LogP contribution in [0.5, 0.6) is 0 Å². The summed E-state index contributed by atoms with van der Waals surface area (Å²) in [6.07, 6.45) is 0. The smallest absolute Gasteiger partial charge is 0.274 e. The van der Waals surface area contributed by atoms with Crippen molar-refractivity contribution < 1.29 is 4.79 Å². The van der Waals surface area contributed by atoms with E-state index in [1.165, 1.54) is 0 Å². The van der Waals surface area contributed by atoms with Crippen molar-refractivity contribution in [1.82, 2.24) is 9.97 Å². The third-order valence-corrected chi connectivity index (χ3v) is 2.45. The molecule has 0 bridgehead atoms. The SMILES string of the molecule is Cc1cc(C(=O)Nc2cccc(C#N)c2)nc(C)n1. The largest absolute Gasteiger partial charge is 0.321 e. The van der Waals surface area contributed by atoms with Gasteiger partial charge in [-0.2, -0.15) is 5.26 Å². The summed E-state index contributed by atoms with van der Waals surface area (Å²) in [7, 11) is 0. The summed E-state index contributed by atoms with van der Waals surface area (Å²) in [4.78, 5) is 20.2. The molecule has 5 nitrogen and oxygen atoms in total. The number of rotatable bonds is 2. The number of hydrogen-bond acceptors (Lipinski definition) is 4. The molecule has 0 aliphatic rings. The first kappa shape index (κ1) is 12.7. The second-order valence-corrected chi connectivity index (χ2v) is 4.09. The Morgan fingerprint density at radius 2 is 2.05 bits per heavy atom. The molecular formula is C14H12N4O. The molecule has 2 rings (SSSR count). The molecule has 19 heavy (non-hydrogen) atoms. The van der Waals surface area contributed by atoms with Crippen LogP contribution in [-0.2, 0) is 0 Å². The maximum atomic E-state index is 12.0. The van der Waals surface area contributed by atoms with Crippen LogP contribution in [0.1, 0.15) is 27.6 Å². The first-order valence-corrected chi connectivity index (χ1v) is 5.72. The highest BCUT2D eigenvalue weighted by Crippen LogP contribution is 2.11. The summed E-state index contributed by atoms with van der Waals surface area (Å²) < 4.78 is 0. The summed E-state index contributed by atoms with van der Waals surface area (Å²) in [5, 5.41) is 11.5. The summed E-state index contributed by atoms with van der Waals surface area (Å²) in [6.45, 7) is 3.54. The van der Waals surface area contributed by atoms with Gasteiger partial charge in [0.1, 0.15) is 11.5 Å². The number of nitriles is 1. The molecule has 1 heterocycles. The van der Waals surface area contributed by atoms with Crippen LogP contribution in [0.2, 0.25) is 0 Å². The van der Waals surface area contributed by atoms with E-state index in [4.69, 9.17) is 5.26 Å². The molecule has 0 aliphatic heterocycles. The summed E-state index contributed by atoms with van der Waals surface area (Å²) in [6, 6.07) is 10.4. The van der Waals surface area contributed by atoms with Crippen molar-refractivity contribution in [3.63, 3.8) is 0 Å². The lowest BCUT2D eigenvalue weighted by atomic mass is 10.2. The van der Waals surface area contributed by atoms with Crippen LogP contribution in [0, 0.1) is 25.2 Å². The molecule has 0 fully saturated rings. The van der Waals surface area contributed by atoms with Gasteiger partial charge in [-0.3, -0.25) is 4.79 Å². The van der Waals surface area contributed by atoms with Crippen LogP contribution in [-0.4, -0.2) is 15.9 Å². The van der Waals surface area contributed by atoms with E-state index in [0.29, 0.717) is 22.8 Å². The van der Waals surface area contributed by atoms with Crippen molar-refractivity contribution in [1.29, 1.82) is 5.26 Å². The molecule has 0 aliphatic carbocycles. The van der Waals surface area contributed by atoms with Gasteiger partial charge < -0.3 is 5.32 Å². The number of carbonyl (C=O) groups excluding carboxylic acids is 1. The Morgan fingerprint density at radius 3 is 2.74 bits per heavy atom. The van der Waals surface area contributed by atoms with E-state index >= 15 is 0 Å². The fraction of sp³-hybridized carbons (Fsp3) is 0.143. The molecule has 1 aromatic heterocycles. The molecule has 0 saturated heterocycles. The van der Waals surface area contributed by atoms with Crippen LogP contribution >= 0.6 is 0 Å². The van der Waals surface area contributed by atoms with Crippen LogP contribution in [0.4, 0.5) is 5.69 Å². The van der Waals surface area contributed by atoms with E-state index in [1.54, 1.807) is 37.3 Å². The number of hydrogen-bond donors (Lipinski definition) is 1. The van der Waals surface area contributed by atoms with Crippen LogP contribution in [0.15, 0.2) is 30.3 Å². The number of benzene rings is 1. The Balaban J connectivity index is 2.23. The van der Waals surface area contributed by atoms with Crippen molar-refractivity contribution in [3.8, 4) is 6.07 Å². The minimum absolute atomic E-state index is 0.312. The predicted octanol–water partition coefficient (Wildman–Crippen LogP) is 2.22.